The maximum Gasteiger partial charge on any atom is 0.405 e. The molecule has 1 aromatic heterocycles. The van der Waals surface area contributed by atoms with Gasteiger partial charge in [-0.05, 0) is 0 Å². The first-order chi connectivity index (χ1) is 7.51. The Bertz CT molecular complexity index is 331. The van der Waals surface area contributed by atoms with E-state index in [2.05, 4.69) is 15.3 Å². The minimum Gasteiger partial charge on any atom is -0.476 e. The highest BCUT2D eigenvalue weighted by Gasteiger charge is 2.26. The topological polar surface area (TPSA) is 73.1 Å². The van der Waals surface area contributed by atoms with Gasteiger partial charge in [-0.15, -0.1) is 0 Å². The highest BCUT2D eigenvalue weighted by Crippen LogP contribution is 2.16. The van der Waals surface area contributed by atoms with E-state index in [1.54, 1.807) is 0 Å². The first-order valence-corrected chi connectivity index (χ1v) is 4.47. The molecule has 16 heavy (non-hydrogen) atoms. The van der Waals surface area contributed by atoms with Crippen molar-refractivity contribution in [1.29, 1.82) is 0 Å². The molecule has 3 N–H and O–H groups in total. The number of hydrogen-bond donors (Lipinski definition) is 2. The van der Waals surface area contributed by atoms with Crippen LogP contribution in [0.15, 0.2) is 12.4 Å². The lowest BCUT2D eigenvalue weighted by molar-refractivity contribution is -0.115. The zero-order chi connectivity index (χ0) is 12.0. The molecule has 0 fully saturated rings. The van der Waals surface area contributed by atoms with Gasteiger partial charge in [-0.3, -0.25) is 0 Å². The minimum atomic E-state index is -4.29. The van der Waals surface area contributed by atoms with Gasteiger partial charge in [0.2, 0.25) is 5.88 Å². The molecule has 0 radical (unpaired) electrons. The molecule has 0 spiro atoms. The summed E-state index contributed by atoms with van der Waals surface area (Å²) in [5.74, 6) is 0.240. The second-order valence-corrected chi connectivity index (χ2v) is 2.85. The van der Waals surface area contributed by atoms with Gasteiger partial charge in [-0.1, -0.05) is 0 Å². The summed E-state index contributed by atoms with van der Waals surface area (Å²) in [6.45, 7) is -0.606. The van der Waals surface area contributed by atoms with E-state index >= 15 is 0 Å². The highest BCUT2D eigenvalue weighted by molar-refractivity contribution is 5.37. The number of rotatable bonds is 5. The molecule has 0 aliphatic heterocycles. The van der Waals surface area contributed by atoms with Crippen LogP contribution >= 0.6 is 0 Å². The number of anilines is 1. The van der Waals surface area contributed by atoms with Gasteiger partial charge in [-0.25, -0.2) is 9.97 Å². The lowest BCUT2D eigenvalue weighted by Crippen LogP contribution is -2.21. The van der Waals surface area contributed by atoms with Crippen molar-refractivity contribution in [3.63, 3.8) is 0 Å². The third-order valence-corrected chi connectivity index (χ3v) is 1.48. The molecule has 1 heterocycles. The molecule has 1 rings (SSSR count). The zero-order valence-electron chi connectivity index (χ0n) is 8.29. The van der Waals surface area contributed by atoms with Crippen LogP contribution in [0.25, 0.3) is 0 Å². The van der Waals surface area contributed by atoms with Crippen LogP contribution in [0.3, 0.4) is 0 Å². The Hall–Kier alpha value is -1.57. The molecule has 90 valence electrons. The van der Waals surface area contributed by atoms with Crippen LogP contribution in [0.2, 0.25) is 0 Å². The molecule has 0 saturated heterocycles. The predicted octanol–water partition coefficient (Wildman–Crippen LogP) is 0.788. The van der Waals surface area contributed by atoms with E-state index in [4.69, 9.17) is 10.5 Å². The molecule has 8 heteroatoms. The third kappa shape index (κ3) is 4.78. The van der Waals surface area contributed by atoms with Crippen molar-refractivity contribution >= 4 is 5.82 Å². The Balaban J connectivity index is 2.53. The summed E-state index contributed by atoms with van der Waals surface area (Å²) in [5.41, 5.74) is 5.20. The zero-order valence-corrected chi connectivity index (χ0v) is 8.29. The number of halogens is 3. The van der Waals surface area contributed by atoms with Crippen molar-refractivity contribution in [2.75, 3.05) is 25.0 Å². The standard InChI is InChI=1S/C8H11F3N4O/c9-8(10,11)4-13-6-3-7(15-5-14-6)16-2-1-12/h3,5H,1-2,4,12H2,(H,13,14,15). The van der Waals surface area contributed by atoms with Gasteiger partial charge in [0.25, 0.3) is 0 Å². The van der Waals surface area contributed by atoms with E-state index in [-0.39, 0.29) is 18.3 Å². The van der Waals surface area contributed by atoms with Crippen LogP contribution in [0.4, 0.5) is 19.0 Å². The summed E-state index contributed by atoms with van der Waals surface area (Å²) in [5, 5.41) is 2.11. The smallest absolute Gasteiger partial charge is 0.405 e. The lowest BCUT2D eigenvalue weighted by Gasteiger charge is -2.09. The quantitative estimate of drug-likeness (QED) is 0.790. The average molecular weight is 236 g/mol. The SMILES string of the molecule is NCCOc1cc(NCC(F)(F)F)ncn1. The molecule has 0 bridgehead atoms. The van der Waals surface area contributed by atoms with Crippen molar-refractivity contribution in [2.24, 2.45) is 5.73 Å². The summed E-state index contributed by atoms with van der Waals surface area (Å²) in [6.07, 6.45) is -3.17. The molecule has 0 aromatic carbocycles. The molecular weight excluding hydrogens is 225 g/mol. The molecule has 0 amide bonds. The molecule has 5 nitrogen and oxygen atoms in total. The van der Waals surface area contributed by atoms with Gasteiger partial charge in [0, 0.05) is 12.6 Å². The van der Waals surface area contributed by atoms with Gasteiger partial charge in [0.15, 0.2) is 0 Å². The van der Waals surface area contributed by atoms with Gasteiger partial charge < -0.3 is 15.8 Å². The number of nitrogens with two attached hydrogens (primary N) is 1. The Morgan fingerprint density at radius 1 is 1.38 bits per heavy atom. The van der Waals surface area contributed by atoms with E-state index in [9.17, 15) is 13.2 Å². The average Bonchev–Trinajstić information content (AvgIpc) is 2.23. The number of alkyl halides is 3. The molecule has 0 aliphatic rings. The van der Waals surface area contributed by atoms with E-state index in [1.807, 2.05) is 0 Å². The summed E-state index contributed by atoms with van der Waals surface area (Å²) >= 11 is 0. The number of aromatic nitrogens is 2. The van der Waals surface area contributed by atoms with Gasteiger partial charge >= 0.3 is 6.18 Å². The molecule has 0 aliphatic carbocycles. The van der Waals surface area contributed by atoms with Crippen LogP contribution in [-0.4, -0.2) is 35.8 Å². The Morgan fingerprint density at radius 3 is 2.75 bits per heavy atom. The van der Waals surface area contributed by atoms with Crippen molar-refractivity contribution in [3.8, 4) is 5.88 Å². The Morgan fingerprint density at radius 2 is 2.12 bits per heavy atom. The van der Waals surface area contributed by atoms with Crippen LogP contribution < -0.4 is 15.8 Å². The Labute approximate surface area is 89.8 Å². The number of nitrogens with zero attached hydrogens (tertiary/aromatic N) is 2. The third-order valence-electron chi connectivity index (χ3n) is 1.48. The minimum absolute atomic E-state index is 0.0550. The Kier molecular flexibility index (Phi) is 4.29. The van der Waals surface area contributed by atoms with Crippen LogP contribution in [0.1, 0.15) is 0 Å². The molecule has 0 unspecified atom stereocenters. The highest BCUT2D eigenvalue weighted by atomic mass is 19.4. The predicted molar refractivity (Wildman–Crippen MR) is 51.1 cm³/mol. The van der Waals surface area contributed by atoms with Crippen LogP contribution in [0.5, 0.6) is 5.88 Å². The number of ether oxygens (including phenoxy) is 1. The van der Waals surface area contributed by atoms with Gasteiger partial charge in [0.05, 0.1) is 0 Å². The van der Waals surface area contributed by atoms with Crippen molar-refractivity contribution in [2.45, 2.75) is 6.18 Å². The van der Waals surface area contributed by atoms with Crippen LogP contribution in [0, 0.1) is 0 Å². The first kappa shape index (κ1) is 12.5. The van der Waals surface area contributed by atoms with Crippen molar-refractivity contribution in [1.82, 2.24) is 9.97 Å². The molecule has 1 aromatic rings. The second-order valence-electron chi connectivity index (χ2n) is 2.85. The fraction of sp³-hybridized carbons (Fsp3) is 0.500. The summed E-state index contributed by atoms with van der Waals surface area (Å²) in [7, 11) is 0. The number of nitrogens with one attached hydrogen (secondary N) is 1. The molecule has 0 atom stereocenters. The number of hydrogen-bond acceptors (Lipinski definition) is 5. The summed E-state index contributed by atoms with van der Waals surface area (Å²) in [6, 6.07) is 1.28. The van der Waals surface area contributed by atoms with Crippen molar-refractivity contribution < 1.29 is 17.9 Å². The van der Waals surface area contributed by atoms with Crippen LogP contribution in [-0.2, 0) is 0 Å². The van der Waals surface area contributed by atoms with Gasteiger partial charge in [0.1, 0.15) is 25.3 Å². The maximum atomic E-state index is 11.9. The first-order valence-electron chi connectivity index (χ1n) is 4.47. The summed E-state index contributed by atoms with van der Waals surface area (Å²) < 4.78 is 40.7. The van der Waals surface area contributed by atoms with Gasteiger partial charge in [-0.2, -0.15) is 13.2 Å². The van der Waals surface area contributed by atoms with E-state index in [0.29, 0.717) is 6.54 Å². The van der Waals surface area contributed by atoms with E-state index in [1.165, 1.54) is 6.07 Å². The van der Waals surface area contributed by atoms with Crippen molar-refractivity contribution in [3.05, 3.63) is 12.4 Å². The van der Waals surface area contributed by atoms with E-state index < -0.39 is 12.7 Å². The largest absolute Gasteiger partial charge is 0.476 e. The second kappa shape index (κ2) is 5.50. The fourth-order valence-electron chi connectivity index (χ4n) is 0.869. The maximum absolute atomic E-state index is 11.9. The lowest BCUT2D eigenvalue weighted by atomic mass is 10.5. The summed E-state index contributed by atoms with van der Waals surface area (Å²) in [4.78, 5) is 7.33. The van der Waals surface area contributed by atoms with E-state index in [0.717, 1.165) is 6.33 Å². The monoisotopic (exact) mass is 236 g/mol. The normalized spacial score (nSPS) is 11.2. The fourth-order valence-corrected chi connectivity index (χ4v) is 0.869. The molecule has 0 saturated carbocycles. The molecular formula is C8H11F3N4O.